The number of allylic oxidation sites excluding steroid dienone is 5. The molecule has 4 aromatic rings. The molecule has 57 heavy (non-hydrogen) atoms. The molecule has 2 fully saturated rings. The molecule has 2 amide bonds. The van der Waals surface area contributed by atoms with E-state index in [1.807, 2.05) is 42.5 Å². The minimum atomic E-state index is -4.82. The predicted molar refractivity (Wildman–Crippen MR) is 202 cm³/mol. The first kappa shape index (κ1) is 36.6. The number of hydrazine groups is 1. The highest BCUT2D eigenvalue weighted by Crippen LogP contribution is 2.63. The molecule has 1 saturated carbocycles. The number of aromatic nitrogens is 1. The molecule has 0 bridgehead atoms. The number of ether oxygens (including phenoxy) is 1. The zero-order valence-electron chi connectivity index (χ0n) is 30.2. The van der Waals surface area contributed by atoms with Gasteiger partial charge in [-0.25, -0.2) is 4.98 Å². The van der Waals surface area contributed by atoms with Gasteiger partial charge in [0.05, 0.1) is 28.5 Å². The molecule has 1 N–H and O–H groups in total. The lowest BCUT2D eigenvalue weighted by Gasteiger charge is -2.56. The maximum Gasteiger partial charge on any atom is 0.433 e. The van der Waals surface area contributed by atoms with Gasteiger partial charge in [-0.15, -0.1) is 0 Å². The average molecular weight is 792 g/mol. The minimum absolute atomic E-state index is 0.0180. The van der Waals surface area contributed by atoms with Crippen molar-refractivity contribution in [2.45, 2.75) is 30.9 Å². The number of pyridine rings is 1. The molecule has 1 aromatic heterocycles. The Morgan fingerprint density at radius 3 is 2.37 bits per heavy atom. The standard InChI is InChI=1S/C44H33ClF3N3O6/c1-50(40-33(45)15-17-35(49-40)44(46,47)48)51-41(55)29-14-13-28-31(37(29)42(51)56)20-32-39(54)30(23-8-4-2-5-9-23)21-36(53)43(32,26-10-6-3-7-11-26)38(28)25-18-24-19-27(52)12-16-34(24)57-22-25/h2-13,15-17,19,21-22,29,31-32,37-38,52H,14,18,20H2,1H3/t29-,31+,32-,37-,38-,43-/m0/s1. The third kappa shape index (κ3) is 5.55. The SMILES string of the molecule is CN(c1nc(C(F)(F)F)ccc1Cl)N1C(=O)[C@H]2[C@H](CC=C3[C@H](C4=COc5ccc(O)cc5C4)[C@]4(c5ccccc5)C(=O)C=C(c5ccccc5)C(=O)[C@@H]4C[C@H]32)C1=O. The van der Waals surface area contributed by atoms with E-state index in [4.69, 9.17) is 16.3 Å². The van der Waals surface area contributed by atoms with Gasteiger partial charge in [0.1, 0.15) is 17.2 Å². The molecule has 0 radical (unpaired) electrons. The van der Waals surface area contributed by atoms with Crippen molar-refractivity contribution in [2.75, 3.05) is 12.1 Å². The number of hydrogen-bond acceptors (Lipinski definition) is 8. The number of rotatable bonds is 5. The summed E-state index contributed by atoms with van der Waals surface area (Å²) in [6.45, 7) is 0. The van der Waals surface area contributed by atoms with Crippen molar-refractivity contribution in [2.24, 2.45) is 29.6 Å². The summed E-state index contributed by atoms with van der Waals surface area (Å²) in [7, 11) is 1.26. The summed E-state index contributed by atoms with van der Waals surface area (Å²) in [4.78, 5) is 63.1. The predicted octanol–water partition coefficient (Wildman–Crippen LogP) is 7.69. The lowest BCUT2D eigenvalue weighted by molar-refractivity contribution is -0.141. The zero-order valence-corrected chi connectivity index (χ0v) is 31.0. The van der Waals surface area contributed by atoms with Crippen molar-refractivity contribution in [1.29, 1.82) is 0 Å². The second-order valence-electron chi connectivity index (χ2n) is 15.1. The van der Waals surface area contributed by atoms with E-state index in [9.17, 15) is 27.9 Å². The summed E-state index contributed by atoms with van der Waals surface area (Å²) in [6.07, 6.45) is 0.427. The van der Waals surface area contributed by atoms with Crippen LogP contribution in [0.1, 0.15) is 35.2 Å². The van der Waals surface area contributed by atoms with E-state index in [1.165, 1.54) is 19.2 Å². The number of fused-ring (bicyclic) bond motifs is 5. The highest BCUT2D eigenvalue weighted by Gasteiger charge is 2.66. The highest BCUT2D eigenvalue weighted by atomic mass is 35.5. The van der Waals surface area contributed by atoms with Crippen LogP contribution in [0.25, 0.3) is 5.57 Å². The maximum atomic E-state index is 15.3. The minimum Gasteiger partial charge on any atom is -0.508 e. The van der Waals surface area contributed by atoms with Crippen molar-refractivity contribution in [3.05, 3.63) is 148 Å². The normalized spacial score (nSPS) is 26.6. The quantitative estimate of drug-likeness (QED) is 0.162. The summed E-state index contributed by atoms with van der Waals surface area (Å²) in [5.74, 6) is -6.35. The molecule has 2 aliphatic heterocycles. The van der Waals surface area contributed by atoms with Crippen LogP contribution in [0.5, 0.6) is 11.5 Å². The van der Waals surface area contributed by atoms with Gasteiger partial charge in [0.15, 0.2) is 17.4 Å². The number of halogens is 4. The second-order valence-corrected chi connectivity index (χ2v) is 15.5. The Morgan fingerprint density at radius 1 is 0.930 bits per heavy atom. The Labute approximate surface area is 329 Å². The molecule has 6 atom stereocenters. The number of amides is 2. The molecule has 3 aliphatic carbocycles. The van der Waals surface area contributed by atoms with Crippen LogP contribution in [0.3, 0.4) is 0 Å². The third-order valence-electron chi connectivity index (χ3n) is 12.2. The molecule has 0 unspecified atom stereocenters. The first-order chi connectivity index (χ1) is 27.3. The van der Waals surface area contributed by atoms with Crippen molar-refractivity contribution in [3.8, 4) is 11.5 Å². The van der Waals surface area contributed by atoms with Crippen molar-refractivity contribution < 1.29 is 42.2 Å². The fourth-order valence-electron chi connectivity index (χ4n) is 9.88. The van der Waals surface area contributed by atoms with Crippen LogP contribution >= 0.6 is 11.6 Å². The molecule has 5 aliphatic rings. The van der Waals surface area contributed by atoms with Gasteiger partial charge in [-0.05, 0) is 71.9 Å². The van der Waals surface area contributed by atoms with E-state index in [0.717, 1.165) is 16.1 Å². The van der Waals surface area contributed by atoms with E-state index in [0.29, 0.717) is 39.7 Å². The largest absolute Gasteiger partial charge is 0.508 e. The van der Waals surface area contributed by atoms with Gasteiger partial charge >= 0.3 is 6.18 Å². The molecule has 0 spiro atoms. The molecule has 3 heterocycles. The van der Waals surface area contributed by atoms with Gasteiger partial charge in [-0.1, -0.05) is 83.9 Å². The number of benzene rings is 3. The van der Waals surface area contributed by atoms with Crippen LogP contribution in [0, 0.1) is 29.6 Å². The summed E-state index contributed by atoms with van der Waals surface area (Å²) >= 11 is 6.33. The molecular weight excluding hydrogens is 759 g/mol. The van der Waals surface area contributed by atoms with E-state index in [2.05, 4.69) is 4.98 Å². The molecule has 288 valence electrons. The Morgan fingerprint density at radius 2 is 1.65 bits per heavy atom. The third-order valence-corrected chi connectivity index (χ3v) is 12.5. The lowest BCUT2D eigenvalue weighted by Crippen LogP contribution is -2.60. The maximum absolute atomic E-state index is 15.3. The first-order valence-corrected chi connectivity index (χ1v) is 18.8. The first-order valence-electron chi connectivity index (χ1n) is 18.4. The fourth-order valence-corrected chi connectivity index (χ4v) is 10.1. The number of carbonyl (C=O) groups is 4. The van der Waals surface area contributed by atoms with Gasteiger partial charge < -0.3 is 9.84 Å². The van der Waals surface area contributed by atoms with E-state index < -0.39 is 64.5 Å². The number of phenols is 1. The number of ketones is 2. The molecule has 13 heteroatoms. The molecular formula is C44H33ClF3N3O6. The Bertz CT molecular complexity index is 2490. The average Bonchev–Trinajstić information content (AvgIpc) is 3.46. The monoisotopic (exact) mass is 791 g/mol. The van der Waals surface area contributed by atoms with E-state index >= 15 is 9.59 Å². The number of Topliss-reactive ketones (excluding diaryl/α,β-unsaturated/α-hetero) is 1. The van der Waals surface area contributed by atoms with Crippen LogP contribution in [-0.2, 0) is 37.2 Å². The number of alkyl halides is 3. The Hall–Kier alpha value is -6.01. The van der Waals surface area contributed by atoms with Crippen molar-refractivity contribution >= 4 is 46.4 Å². The molecule has 9 rings (SSSR count). The summed E-state index contributed by atoms with van der Waals surface area (Å²) in [6, 6.07) is 24.4. The lowest BCUT2D eigenvalue weighted by atomic mass is 9.44. The Kier molecular flexibility index (Phi) is 8.54. The number of imide groups is 1. The summed E-state index contributed by atoms with van der Waals surface area (Å²) < 4.78 is 47.4. The van der Waals surface area contributed by atoms with Gasteiger partial charge in [-0.3, -0.25) is 24.2 Å². The van der Waals surface area contributed by atoms with E-state index in [1.54, 1.807) is 42.7 Å². The summed E-state index contributed by atoms with van der Waals surface area (Å²) in [5, 5.41) is 12.0. The number of anilines is 1. The zero-order chi connectivity index (χ0) is 40.0. The number of phenolic OH excluding ortho intramolecular Hbond substituents is 1. The van der Waals surface area contributed by atoms with Crippen LogP contribution in [-0.4, -0.2) is 45.5 Å². The van der Waals surface area contributed by atoms with Gasteiger partial charge in [-0.2, -0.15) is 18.2 Å². The number of nitrogens with zero attached hydrogens (tertiary/aromatic N) is 3. The highest BCUT2D eigenvalue weighted by molar-refractivity contribution is 6.33. The van der Waals surface area contributed by atoms with Crippen LogP contribution in [0.2, 0.25) is 5.02 Å². The topological polar surface area (TPSA) is 117 Å². The fraction of sp³-hybridized carbons (Fsp3) is 0.250. The molecule has 3 aromatic carbocycles. The molecule has 1 saturated heterocycles. The Balaban J connectivity index is 1.21. The number of carbonyl (C=O) groups excluding carboxylic acids is 4. The van der Waals surface area contributed by atoms with Crippen LogP contribution in [0.15, 0.2) is 121 Å². The van der Waals surface area contributed by atoms with Crippen LogP contribution in [0.4, 0.5) is 19.0 Å². The summed E-state index contributed by atoms with van der Waals surface area (Å²) in [5.41, 5.74) is 0.644. The van der Waals surface area contributed by atoms with Gasteiger partial charge in [0, 0.05) is 36.4 Å². The second kappa shape index (κ2) is 13.3. The van der Waals surface area contributed by atoms with Gasteiger partial charge in [0.2, 0.25) is 0 Å². The van der Waals surface area contributed by atoms with Crippen LogP contribution < -0.4 is 9.75 Å². The van der Waals surface area contributed by atoms with Crippen molar-refractivity contribution in [3.63, 3.8) is 0 Å². The number of hydrogen-bond donors (Lipinski definition) is 1. The van der Waals surface area contributed by atoms with Crippen molar-refractivity contribution in [1.82, 2.24) is 9.99 Å². The number of aromatic hydroxyl groups is 1. The van der Waals surface area contributed by atoms with E-state index in [-0.39, 0.29) is 47.2 Å². The molecule has 9 nitrogen and oxygen atoms in total. The van der Waals surface area contributed by atoms with Gasteiger partial charge in [0.25, 0.3) is 11.8 Å². The smallest absolute Gasteiger partial charge is 0.433 e.